The smallest absolute Gasteiger partial charge is 0.326 e. The van der Waals surface area contributed by atoms with Gasteiger partial charge in [-0.3, -0.25) is 9.59 Å². The Labute approximate surface area is 121 Å². The van der Waals surface area contributed by atoms with Crippen molar-refractivity contribution in [1.82, 2.24) is 5.32 Å². The number of nitrogens with two attached hydrogens (primary N) is 1. The highest BCUT2D eigenvalue weighted by Crippen LogP contribution is 2.03. The minimum Gasteiger partial charge on any atom is -0.481 e. The molecule has 5 N–H and O–H groups in total. The SMILES string of the molecule is NC(Cc1ccccc1)C(=O)N[C@@H](CCC(=O)O)C(=O)O. The first-order chi connectivity index (χ1) is 9.90. The fourth-order valence-corrected chi connectivity index (χ4v) is 1.76. The largest absolute Gasteiger partial charge is 0.481 e. The van der Waals surface area contributed by atoms with Gasteiger partial charge in [0.05, 0.1) is 6.04 Å². The average Bonchev–Trinajstić information content (AvgIpc) is 2.43. The van der Waals surface area contributed by atoms with Crippen LogP contribution in [-0.4, -0.2) is 40.1 Å². The molecular weight excluding hydrogens is 276 g/mol. The lowest BCUT2D eigenvalue weighted by molar-refractivity contribution is -0.143. The van der Waals surface area contributed by atoms with E-state index < -0.39 is 29.9 Å². The lowest BCUT2D eigenvalue weighted by Gasteiger charge is -2.17. The summed E-state index contributed by atoms with van der Waals surface area (Å²) in [6, 6.07) is 6.94. The predicted molar refractivity (Wildman–Crippen MR) is 74.6 cm³/mol. The molecule has 7 nitrogen and oxygen atoms in total. The van der Waals surface area contributed by atoms with Gasteiger partial charge in [0.1, 0.15) is 6.04 Å². The summed E-state index contributed by atoms with van der Waals surface area (Å²) in [7, 11) is 0. The maximum atomic E-state index is 11.9. The number of aliphatic carboxylic acids is 2. The zero-order valence-corrected chi connectivity index (χ0v) is 11.4. The van der Waals surface area contributed by atoms with E-state index in [0.717, 1.165) is 5.56 Å². The highest BCUT2D eigenvalue weighted by molar-refractivity contribution is 5.87. The van der Waals surface area contributed by atoms with Gasteiger partial charge in [-0.1, -0.05) is 30.3 Å². The van der Waals surface area contributed by atoms with Gasteiger partial charge >= 0.3 is 11.9 Å². The first kappa shape index (κ1) is 16.6. The monoisotopic (exact) mass is 294 g/mol. The van der Waals surface area contributed by atoms with Gasteiger partial charge in [0.2, 0.25) is 5.91 Å². The van der Waals surface area contributed by atoms with Crippen molar-refractivity contribution in [3.8, 4) is 0 Å². The Kier molecular flexibility index (Phi) is 6.35. The van der Waals surface area contributed by atoms with E-state index in [1.807, 2.05) is 30.3 Å². The van der Waals surface area contributed by atoms with Crippen LogP contribution in [0.5, 0.6) is 0 Å². The predicted octanol–water partition coefficient (Wildman–Crippen LogP) is -0.00940. The van der Waals surface area contributed by atoms with Gasteiger partial charge < -0.3 is 21.3 Å². The number of rotatable bonds is 8. The topological polar surface area (TPSA) is 130 Å². The number of amides is 1. The molecule has 1 aromatic carbocycles. The molecule has 0 heterocycles. The van der Waals surface area contributed by atoms with Gasteiger partial charge in [-0.15, -0.1) is 0 Å². The molecule has 0 saturated carbocycles. The normalized spacial score (nSPS) is 13.2. The Hall–Kier alpha value is -2.41. The van der Waals surface area contributed by atoms with E-state index >= 15 is 0 Å². The van der Waals surface area contributed by atoms with Gasteiger partial charge in [-0.2, -0.15) is 0 Å². The Bertz CT molecular complexity index is 503. The van der Waals surface area contributed by atoms with Crippen molar-refractivity contribution >= 4 is 17.8 Å². The van der Waals surface area contributed by atoms with Crippen molar-refractivity contribution < 1.29 is 24.6 Å². The molecule has 0 aliphatic carbocycles. The van der Waals surface area contributed by atoms with Crippen molar-refractivity contribution in [2.75, 3.05) is 0 Å². The van der Waals surface area contributed by atoms with Crippen LogP contribution in [0, 0.1) is 0 Å². The molecule has 1 amide bonds. The van der Waals surface area contributed by atoms with Crippen LogP contribution in [-0.2, 0) is 20.8 Å². The van der Waals surface area contributed by atoms with Crippen molar-refractivity contribution in [3.63, 3.8) is 0 Å². The molecule has 2 atom stereocenters. The zero-order valence-electron chi connectivity index (χ0n) is 11.4. The zero-order chi connectivity index (χ0) is 15.8. The highest BCUT2D eigenvalue weighted by Gasteiger charge is 2.23. The van der Waals surface area contributed by atoms with Crippen molar-refractivity contribution in [1.29, 1.82) is 0 Å². The third kappa shape index (κ3) is 6.05. The van der Waals surface area contributed by atoms with E-state index in [0.29, 0.717) is 0 Å². The van der Waals surface area contributed by atoms with Crippen LogP contribution in [0.25, 0.3) is 0 Å². The van der Waals surface area contributed by atoms with Gasteiger partial charge in [-0.25, -0.2) is 4.79 Å². The molecule has 0 saturated heterocycles. The Balaban J connectivity index is 2.56. The molecular formula is C14H18N2O5. The van der Waals surface area contributed by atoms with Crippen molar-refractivity contribution in [2.45, 2.75) is 31.3 Å². The van der Waals surface area contributed by atoms with E-state index in [4.69, 9.17) is 15.9 Å². The molecule has 1 unspecified atom stereocenters. The van der Waals surface area contributed by atoms with Crippen LogP contribution in [0.3, 0.4) is 0 Å². The quantitative estimate of drug-likeness (QED) is 0.533. The minimum atomic E-state index is -1.28. The molecule has 0 radical (unpaired) electrons. The second-order valence-corrected chi connectivity index (χ2v) is 4.63. The molecule has 21 heavy (non-hydrogen) atoms. The first-order valence-electron chi connectivity index (χ1n) is 6.44. The molecule has 0 bridgehead atoms. The number of carbonyl (C=O) groups excluding carboxylic acids is 1. The second kappa shape index (κ2) is 8.01. The summed E-state index contributed by atoms with van der Waals surface area (Å²) in [5, 5.41) is 19.8. The maximum absolute atomic E-state index is 11.9. The van der Waals surface area contributed by atoms with Crippen LogP contribution in [0.15, 0.2) is 30.3 Å². The Morgan fingerprint density at radius 1 is 1.14 bits per heavy atom. The van der Waals surface area contributed by atoms with Crippen LogP contribution in [0.2, 0.25) is 0 Å². The van der Waals surface area contributed by atoms with Crippen LogP contribution >= 0.6 is 0 Å². The van der Waals surface area contributed by atoms with E-state index in [2.05, 4.69) is 5.32 Å². The minimum absolute atomic E-state index is 0.186. The summed E-state index contributed by atoms with van der Waals surface area (Å²) >= 11 is 0. The summed E-state index contributed by atoms with van der Waals surface area (Å²) < 4.78 is 0. The van der Waals surface area contributed by atoms with Gasteiger partial charge in [-0.05, 0) is 18.4 Å². The lowest BCUT2D eigenvalue weighted by Crippen LogP contribution is -2.49. The van der Waals surface area contributed by atoms with Gasteiger partial charge in [0.15, 0.2) is 0 Å². The summed E-state index contributed by atoms with van der Waals surface area (Å²) in [6.45, 7) is 0. The van der Waals surface area contributed by atoms with Crippen LogP contribution in [0.1, 0.15) is 18.4 Å². The van der Waals surface area contributed by atoms with Crippen LogP contribution in [0.4, 0.5) is 0 Å². The average molecular weight is 294 g/mol. The fourth-order valence-electron chi connectivity index (χ4n) is 1.76. The summed E-state index contributed by atoms with van der Waals surface area (Å²) in [5.41, 5.74) is 6.59. The Morgan fingerprint density at radius 2 is 1.76 bits per heavy atom. The first-order valence-corrected chi connectivity index (χ1v) is 6.44. The van der Waals surface area contributed by atoms with Gasteiger partial charge in [0, 0.05) is 6.42 Å². The Morgan fingerprint density at radius 3 is 2.29 bits per heavy atom. The van der Waals surface area contributed by atoms with Crippen molar-refractivity contribution in [2.24, 2.45) is 5.73 Å². The number of carbonyl (C=O) groups is 3. The van der Waals surface area contributed by atoms with E-state index in [1.54, 1.807) is 0 Å². The number of carboxylic acids is 2. The molecule has 0 aromatic heterocycles. The molecule has 7 heteroatoms. The number of nitrogens with one attached hydrogen (secondary N) is 1. The second-order valence-electron chi connectivity index (χ2n) is 4.63. The number of hydrogen-bond acceptors (Lipinski definition) is 4. The van der Waals surface area contributed by atoms with Crippen molar-refractivity contribution in [3.05, 3.63) is 35.9 Å². The molecule has 0 fully saturated rings. The number of hydrogen-bond donors (Lipinski definition) is 4. The molecule has 0 spiro atoms. The third-order valence-electron chi connectivity index (χ3n) is 2.90. The van der Waals surface area contributed by atoms with E-state index in [1.165, 1.54) is 0 Å². The molecule has 0 aliphatic rings. The summed E-state index contributed by atoms with van der Waals surface area (Å²) in [6.07, 6.45) is -0.252. The number of benzene rings is 1. The molecule has 114 valence electrons. The standard InChI is InChI=1S/C14H18N2O5/c15-10(8-9-4-2-1-3-5-9)13(19)16-11(14(20)21)6-7-12(17)18/h1-5,10-11H,6-8,15H2,(H,16,19)(H,17,18)(H,20,21)/t10?,11-/m0/s1. The fraction of sp³-hybridized carbons (Fsp3) is 0.357. The summed E-state index contributed by atoms with van der Waals surface area (Å²) in [4.78, 5) is 33.3. The van der Waals surface area contributed by atoms with E-state index in [-0.39, 0.29) is 19.3 Å². The molecule has 0 aliphatic heterocycles. The molecule has 1 aromatic rings. The van der Waals surface area contributed by atoms with Crippen LogP contribution < -0.4 is 11.1 Å². The number of carboxylic acid groups (broad SMARTS) is 2. The van der Waals surface area contributed by atoms with Gasteiger partial charge in [0.25, 0.3) is 0 Å². The lowest BCUT2D eigenvalue weighted by atomic mass is 10.1. The highest BCUT2D eigenvalue weighted by atomic mass is 16.4. The molecule has 1 rings (SSSR count). The maximum Gasteiger partial charge on any atom is 0.326 e. The third-order valence-corrected chi connectivity index (χ3v) is 2.90. The van der Waals surface area contributed by atoms with E-state index in [9.17, 15) is 14.4 Å². The summed E-state index contributed by atoms with van der Waals surface area (Å²) in [5.74, 6) is -3.02.